The second kappa shape index (κ2) is 12.4. The first-order chi connectivity index (χ1) is 15.3. The molecule has 0 spiro atoms. The summed E-state index contributed by atoms with van der Waals surface area (Å²) in [6.45, 7) is 10.4. The third-order valence-electron chi connectivity index (χ3n) is 4.64. The van der Waals surface area contributed by atoms with Crippen molar-refractivity contribution in [3.63, 3.8) is 0 Å². The van der Waals surface area contributed by atoms with E-state index in [4.69, 9.17) is 19.7 Å². The van der Waals surface area contributed by atoms with E-state index < -0.39 is 17.2 Å². The van der Waals surface area contributed by atoms with Crippen molar-refractivity contribution in [2.75, 3.05) is 25.5 Å². The Morgan fingerprint density at radius 1 is 1.53 bits per heavy atom. The minimum atomic E-state index is -0.975. The van der Waals surface area contributed by atoms with Crippen LogP contribution in [-0.2, 0) is 9.63 Å². The summed E-state index contributed by atoms with van der Waals surface area (Å²) in [5.41, 5.74) is 4.54. The van der Waals surface area contributed by atoms with Crippen molar-refractivity contribution in [3.8, 4) is 5.75 Å². The third-order valence-corrected chi connectivity index (χ3v) is 6.00. The lowest BCUT2D eigenvalue weighted by Gasteiger charge is -2.24. The molecule has 3 N–H and O–H groups in total. The van der Waals surface area contributed by atoms with Crippen molar-refractivity contribution < 1.29 is 18.8 Å². The maximum absolute atomic E-state index is 13.2. The number of oxime groups is 1. The summed E-state index contributed by atoms with van der Waals surface area (Å²) in [4.78, 5) is 35.0. The van der Waals surface area contributed by atoms with E-state index in [1.165, 1.54) is 17.8 Å². The van der Waals surface area contributed by atoms with Crippen LogP contribution >= 0.6 is 11.8 Å². The number of hydrogen-bond acceptors (Lipinski definition) is 9. The Kier molecular flexibility index (Phi) is 9.98. The molecule has 176 valence electrons. The molecular formula is C22H32N4O5S. The van der Waals surface area contributed by atoms with Crippen molar-refractivity contribution in [1.82, 2.24) is 5.32 Å². The Hall–Kier alpha value is -2.59. The fourth-order valence-electron chi connectivity index (χ4n) is 2.90. The van der Waals surface area contributed by atoms with Gasteiger partial charge in [-0.25, -0.2) is 4.79 Å². The lowest BCUT2D eigenvalue weighted by Crippen LogP contribution is -2.45. The van der Waals surface area contributed by atoms with Gasteiger partial charge in [0.25, 0.3) is 0 Å². The third kappa shape index (κ3) is 7.23. The molecule has 1 aromatic heterocycles. The van der Waals surface area contributed by atoms with Crippen LogP contribution in [-0.4, -0.2) is 47.7 Å². The topological polar surface area (TPSA) is 129 Å². The van der Waals surface area contributed by atoms with Crippen LogP contribution in [0.5, 0.6) is 5.75 Å². The molecule has 0 saturated carbocycles. The number of thioether (sulfide) groups is 1. The lowest BCUT2D eigenvalue weighted by molar-refractivity contribution is -0.125. The van der Waals surface area contributed by atoms with Gasteiger partial charge in [0.2, 0.25) is 5.91 Å². The van der Waals surface area contributed by atoms with Crippen molar-refractivity contribution >= 4 is 28.4 Å². The van der Waals surface area contributed by atoms with Crippen molar-refractivity contribution in [3.05, 3.63) is 41.0 Å². The fourth-order valence-corrected chi connectivity index (χ4v) is 4.03. The van der Waals surface area contributed by atoms with E-state index in [2.05, 4.69) is 22.0 Å². The summed E-state index contributed by atoms with van der Waals surface area (Å²) < 4.78 is 10.8. The highest BCUT2D eigenvalue weighted by Gasteiger charge is 2.40. The second-order valence-corrected chi connectivity index (χ2v) is 8.52. The molecular weight excluding hydrogens is 432 g/mol. The van der Waals surface area contributed by atoms with Crippen molar-refractivity contribution in [2.45, 2.75) is 51.6 Å². The van der Waals surface area contributed by atoms with Gasteiger partial charge in [-0.3, -0.25) is 9.79 Å². The number of ether oxygens (including phenoxy) is 1. The average molecular weight is 465 g/mol. The van der Waals surface area contributed by atoms with Crippen LogP contribution in [0.1, 0.15) is 51.8 Å². The molecule has 0 bridgehead atoms. The lowest BCUT2D eigenvalue weighted by atomic mass is 10.0. The maximum Gasteiger partial charge on any atom is 0.339 e. The van der Waals surface area contributed by atoms with Gasteiger partial charge in [-0.1, -0.05) is 31.2 Å². The molecule has 1 aliphatic heterocycles. The minimum absolute atomic E-state index is 0.254. The minimum Gasteiger partial charge on any atom is -0.489 e. The SMILES string of the molecule is C=CCOc1cc(C(CCC)NC(=O)C2(C)CSC(/C(C)=N/OCCCN)=N2)oc(=O)c1. The molecule has 2 rings (SSSR count). The highest BCUT2D eigenvalue weighted by atomic mass is 32.2. The van der Waals surface area contributed by atoms with Gasteiger partial charge < -0.3 is 25.0 Å². The number of carbonyl (C=O) groups is 1. The first-order valence-corrected chi connectivity index (χ1v) is 11.6. The van der Waals surface area contributed by atoms with E-state index in [0.717, 1.165) is 6.42 Å². The standard InChI is InChI=1S/C22H32N4O5S/c1-5-8-17(18-12-16(29-10-6-2)13-19(27)31-18)24-21(28)22(4)14-32-20(25-22)15(3)26-30-11-7-9-23/h6,12-13,17H,2,5,7-11,14,23H2,1,3-4H3,(H,24,28)/b26-15+. The molecule has 0 aromatic carbocycles. The number of nitrogens with two attached hydrogens (primary N) is 1. The monoisotopic (exact) mass is 464 g/mol. The summed E-state index contributed by atoms with van der Waals surface area (Å²) >= 11 is 1.45. The Morgan fingerprint density at radius 2 is 2.31 bits per heavy atom. The molecule has 1 aromatic rings. The van der Waals surface area contributed by atoms with Gasteiger partial charge in [0.15, 0.2) is 0 Å². The van der Waals surface area contributed by atoms with Gasteiger partial charge in [0.1, 0.15) is 41.0 Å². The average Bonchev–Trinajstić information content (AvgIpc) is 3.18. The van der Waals surface area contributed by atoms with Gasteiger partial charge in [-0.2, -0.15) is 0 Å². The van der Waals surface area contributed by atoms with Crippen LogP contribution in [0.25, 0.3) is 0 Å². The number of nitrogens with one attached hydrogen (secondary N) is 1. The molecule has 2 heterocycles. The number of amides is 1. The van der Waals surface area contributed by atoms with Crippen LogP contribution < -0.4 is 21.4 Å². The maximum atomic E-state index is 13.2. The van der Waals surface area contributed by atoms with Gasteiger partial charge in [-0.15, -0.1) is 11.8 Å². The second-order valence-electron chi connectivity index (χ2n) is 7.56. The molecule has 1 amide bonds. The first-order valence-electron chi connectivity index (χ1n) is 10.6. The Balaban J connectivity index is 2.16. The highest BCUT2D eigenvalue weighted by molar-refractivity contribution is 8.16. The molecule has 32 heavy (non-hydrogen) atoms. The zero-order valence-corrected chi connectivity index (χ0v) is 19.7. The summed E-state index contributed by atoms with van der Waals surface area (Å²) in [5.74, 6) is 0.928. The van der Waals surface area contributed by atoms with E-state index in [1.807, 2.05) is 6.92 Å². The number of carbonyl (C=O) groups excluding carboxylic acids is 1. The van der Waals surface area contributed by atoms with Crippen LogP contribution in [0.2, 0.25) is 0 Å². The predicted molar refractivity (Wildman–Crippen MR) is 127 cm³/mol. The molecule has 1 aliphatic rings. The van der Waals surface area contributed by atoms with Crippen molar-refractivity contribution in [1.29, 1.82) is 0 Å². The smallest absolute Gasteiger partial charge is 0.339 e. The largest absolute Gasteiger partial charge is 0.489 e. The Labute approximate surface area is 192 Å². The molecule has 2 unspecified atom stereocenters. The van der Waals surface area contributed by atoms with E-state index in [9.17, 15) is 9.59 Å². The van der Waals surface area contributed by atoms with Gasteiger partial charge in [0.05, 0.1) is 12.1 Å². The molecule has 0 radical (unpaired) electrons. The Morgan fingerprint density at radius 3 is 3.00 bits per heavy atom. The molecule has 0 saturated heterocycles. The molecule has 10 heteroatoms. The first kappa shape index (κ1) is 25.7. The molecule has 0 aliphatic carbocycles. The highest BCUT2D eigenvalue weighted by Crippen LogP contribution is 2.30. The zero-order chi connectivity index (χ0) is 23.6. The summed E-state index contributed by atoms with van der Waals surface area (Å²) in [6, 6.07) is 2.41. The van der Waals surface area contributed by atoms with Gasteiger partial charge >= 0.3 is 5.63 Å². The molecule has 0 fully saturated rings. The normalized spacial score (nSPS) is 19.2. The van der Waals surface area contributed by atoms with Crippen LogP contribution in [0, 0.1) is 0 Å². The fraction of sp³-hybridized carbons (Fsp3) is 0.545. The van der Waals surface area contributed by atoms with Crippen LogP contribution in [0.15, 0.2) is 44.1 Å². The summed E-state index contributed by atoms with van der Waals surface area (Å²) in [5, 5.41) is 7.71. The summed E-state index contributed by atoms with van der Waals surface area (Å²) in [6.07, 6.45) is 3.67. The van der Waals surface area contributed by atoms with Gasteiger partial charge in [0, 0.05) is 11.8 Å². The number of aliphatic imine (C=N–C) groups is 1. The molecule has 9 nitrogen and oxygen atoms in total. The van der Waals surface area contributed by atoms with Crippen LogP contribution in [0.4, 0.5) is 0 Å². The molecule has 2 atom stereocenters. The number of hydrogen-bond donors (Lipinski definition) is 2. The Bertz CT molecular complexity index is 914. The van der Waals surface area contributed by atoms with E-state index in [1.54, 1.807) is 26.0 Å². The van der Waals surface area contributed by atoms with E-state index >= 15 is 0 Å². The van der Waals surface area contributed by atoms with E-state index in [0.29, 0.717) is 54.0 Å². The van der Waals surface area contributed by atoms with Gasteiger partial charge in [-0.05, 0) is 33.2 Å². The van der Waals surface area contributed by atoms with Crippen LogP contribution in [0.3, 0.4) is 0 Å². The number of nitrogens with zero attached hydrogens (tertiary/aromatic N) is 2. The quantitative estimate of drug-likeness (QED) is 0.199. The van der Waals surface area contributed by atoms with E-state index in [-0.39, 0.29) is 12.5 Å². The zero-order valence-electron chi connectivity index (χ0n) is 18.9. The van der Waals surface area contributed by atoms with Crippen molar-refractivity contribution in [2.24, 2.45) is 15.9 Å². The summed E-state index contributed by atoms with van der Waals surface area (Å²) in [7, 11) is 0. The number of rotatable bonds is 13. The predicted octanol–water partition coefficient (Wildman–Crippen LogP) is 2.81.